The number of hydrogen-bond acceptors (Lipinski definition) is 3. The summed E-state index contributed by atoms with van der Waals surface area (Å²) in [4.78, 5) is 13.9. The third-order valence-electron chi connectivity index (χ3n) is 3.46. The summed E-state index contributed by atoms with van der Waals surface area (Å²) >= 11 is 1.56. The molecule has 0 aliphatic heterocycles. The summed E-state index contributed by atoms with van der Waals surface area (Å²) in [6, 6.07) is 5.95. The topological polar surface area (TPSA) is 44.4 Å². The number of anilines is 1. The molecule has 8 heteroatoms. The Kier molecular flexibility index (Phi) is 5.84. The molecular weight excluding hydrogens is 339 g/mol. The van der Waals surface area contributed by atoms with Crippen LogP contribution < -0.4 is 10.6 Å². The normalized spacial score (nSPS) is 12.9. The third kappa shape index (κ3) is 4.97. The molecule has 0 bridgehead atoms. The second-order valence-electron chi connectivity index (χ2n) is 5.45. The molecule has 1 atom stereocenters. The van der Waals surface area contributed by atoms with Crippen LogP contribution in [0.25, 0.3) is 0 Å². The van der Waals surface area contributed by atoms with Crippen LogP contribution >= 0.6 is 11.3 Å². The summed E-state index contributed by atoms with van der Waals surface area (Å²) in [5, 5.41) is 9.07. The minimum atomic E-state index is -4.44. The molecule has 1 unspecified atom stereocenters. The number of hydrogen-bond donors (Lipinski definition) is 2. The number of nitrogens with one attached hydrogen (secondary N) is 2. The van der Waals surface area contributed by atoms with Crippen LogP contribution in [0.15, 0.2) is 41.1 Å². The molecule has 0 saturated carbocycles. The molecule has 4 nitrogen and oxygen atoms in total. The summed E-state index contributed by atoms with van der Waals surface area (Å²) in [7, 11) is 3.80. The summed E-state index contributed by atoms with van der Waals surface area (Å²) in [6.45, 7) is 0.342. The molecule has 0 aliphatic carbocycles. The first kappa shape index (κ1) is 18.3. The number of benzene rings is 1. The van der Waals surface area contributed by atoms with Crippen molar-refractivity contribution in [2.75, 3.05) is 26.0 Å². The highest BCUT2D eigenvalue weighted by atomic mass is 32.1. The van der Waals surface area contributed by atoms with Crippen molar-refractivity contribution in [2.45, 2.75) is 12.2 Å². The Bertz CT molecular complexity index is 671. The number of urea groups is 1. The second kappa shape index (κ2) is 7.67. The Hall–Kier alpha value is -2.06. The van der Waals surface area contributed by atoms with Gasteiger partial charge >= 0.3 is 12.2 Å². The molecule has 0 saturated heterocycles. The van der Waals surface area contributed by atoms with E-state index in [9.17, 15) is 18.0 Å². The van der Waals surface area contributed by atoms with Crippen molar-refractivity contribution in [3.05, 3.63) is 52.2 Å². The highest BCUT2D eigenvalue weighted by molar-refractivity contribution is 7.07. The van der Waals surface area contributed by atoms with Crippen LogP contribution in [0.1, 0.15) is 17.2 Å². The number of carbonyl (C=O) groups is 1. The molecule has 2 aromatic rings. The van der Waals surface area contributed by atoms with E-state index in [1.807, 2.05) is 35.8 Å². The van der Waals surface area contributed by atoms with Gasteiger partial charge in [-0.15, -0.1) is 0 Å². The summed E-state index contributed by atoms with van der Waals surface area (Å²) in [5.74, 6) is 0. The van der Waals surface area contributed by atoms with Crippen molar-refractivity contribution in [1.29, 1.82) is 0 Å². The van der Waals surface area contributed by atoms with E-state index in [2.05, 4.69) is 10.6 Å². The SMILES string of the molecule is CN(C)C(CNC(=O)Nc1cccc(C(F)(F)F)c1)c1ccsc1. The van der Waals surface area contributed by atoms with Gasteiger partial charge in [-0.05, 0) is 54.7 Å². The molecule has 2 amide bonds. The lowest BCUT2D eigenvalue weighted by molar-refractivity contribution is -0.137. The van der Waals surface area contributed by atoms with Gasteiger partial charge in [0.1, 0.15) is 0 Å². The molecule has 0 radical (unpaired) electrons. The van der Waals surface area contributed by atoms with E-state index >= 15 is 0 Å². The fourth-order valence-corrected chi connectivity index (χ4v) is 2.91. The van der Waals surface area contributed by atoms with Crippen LogP contribution in [-0.2, 0) is 6.18 Å². The highest BCUT2D eigenvalue weighted by Crippen LogP contribution is 2.30. The predicted octanol–water partition coefficient (Wildman–Crippen LogP) is 4.19. The first-order valence-electron chi connectivity index (χ1n) is 7.18. The van der Waals surface area contributed by atoms with Gasteiger partial charge in [0, 0.05) is 12.2 Å². The number of alkyl halides is 3. The highest BCUT2D eigenvalue weighted by Gasteiger charge is 2.30. The minimum absolute atomic E-state index is 0.0106. The maximum absolute atomic E-state index is 12.7. The largest absolute Gasteiger partial charge is 0.416 e. The average Bonchev–Trinajstić information content (AvgIpc) is 3.00. The van der Waals surface area contributed by atoms with Gasteiger partial charge in [-0.3, -0.25) is 0 Å². The van der Waals surface area contributed by atoms with E-state index in [1.54, 1.807) is 11.3 Å². The van der Waals surface area contributed by atoms with Gasteiger partial charge in [0.15, 0.2) is 0 Å². The monoisotopic (exact) mass is 357 g/mol. The van der Waals surface area contributed by atoms with E-state index in [-0.39, 0.29) is 11.7 Å². The lowest BCUT2D eigenvalue weighted by Gasteiger charge is -2.24. The Labute approximate surface area is 142 Å². The molecule has 0 fully saturated rings. The van der Waals surface area contributed by atoms with Crippen molar-refractivity contribution < 1.29 is 18.0 Å². The second-order valence-corrected chi connectivity index (χ2v) is 6.23. The van der Waals surface area contributed by atoms with Gasteiger partial charge in [-0.25, -0.2) is 4.79 Å². The van der Waals surface area contributed by atoms with Crippen LogP contribution in [0, 0.1) is 0 Å². The molecule has 0 spiro atoms. The Balaban J connectivity index is 1.96. The molecule has 1 heterocycles. The van der Waals surface area contributed by atoms with Crippen molar-refractivity contribution in [3.8, 4) is 0 Å². The number of amides is 2. The zero-order valence-electron chi connectivity index (χ0n) is 13.2. The lowest BCUT2D eigenvalue weighted by Crippen LogP contribution is -2.36. The van der Waals surface area contributed by atoms with Crippen molar-refractivity contribution in [1.82, 2.24) is 10.2 Å². The van der Waals surface area contributed by atoms with E-state index in [1.165, 1.54) is 12.1 Å². The van der Waals surface area contributed by atoms with Gasteiger partial charge < -0.3 is 15.5 Å². The van der Waals surface area contributed by atoms with E-state index < -0.39 is 17.8 Å². The molecule has 0 aliphatic rings. The van der Waals surface area contributed by atoms with E-state index in [0.717, 1.165) is 17.7 Å². The minimum Gasteiger partial charge on any atom is -0.336 e. The molecule has 2 rings (SSSR count). The average molecular weight is 357 g/mol. The van der Waals surface area contributed by atoms with Crippen LogP contribution in [-0.4, -0.2) is 31.6 Å². The van der Waals surface area contributed by atoms with Crippen LogP contribution in [0.4, 0.5) is 23.7 Å². The fourth-order valence-electron chi connectivity index (χ4n) is 2.20. The summed E-state index contributed by atoms with van der Waals surface area (Å²) in [5.41, 5.74) is 0.369. The van der Waals surface area contributed by atoms with E-state index in [0.29, 0.717) is 6.54 Å². The van der Waals surface area contributed by atoms with E-state index in [4.69, 9.17) is 0 Å². The van der Waals surface area contributed by atoms with Crippen molar-refractivity contribution in [2.24, 2.45) is 0 Å². The third-order valence-corrected chi connectivity index (χ3v) is 4.16. The van der Waals surface area contributed by atoms with Crippen LogP contribution in [0.3, 0.4) is 0 Å². The number of halogens is 3. The number of nitrogens with zero attached hydrogens (tertiary/aromatic N) is 1. The number of thiophene rings is 1. The molecule has 24 heavy (non-hydrogen) atoms. The quantitative estimate of drug-likeness (QED) is 0.843. The zero-order chi connectivity index (χ0) is 17.7. The molecule has 130 valence electrons. The van der Waals surface area contributed by atoms with Crippen molar-refractivity contribution >= 4 is 23.1 Å². The first-order valence-corrected chi connectivity index (χ1v) is 8.12. The number of likely N-dealkylation sites (N-methyl/N-ethyl adjacent to an activating group) is 1. The van der Waals surface area contributed by atoms with Gasteiger partial charge in [0.2, 0.25) is 0 Å². The lowest BCUT2D eigenvalue weighted by atomic mass is 10.1. The zero-order valence-corrected chi connectivity index (χ0v) is 14.0. The molecule has 1 aromatic heterocycles. The molecule has 1 aromatic carbocycles. The summed E-state index contributed by atoms with van der Waals surface area (Å²) < 4.78 is 38.0. The first-order chi connectivity index (χ1) is 11.3. The van der Waals surface area contributed by atoms with Crippen molar-refractivity contribution in [3.63, 3.8) is 0 Å². The Morgan fingerprint density at radius 1 is 1.29 bits per heavy atom. The standard InChI is InChI=1S/C16H18F3N3OS/c1-22(2)14(11-6-7-24-10-11)9-20-15(23)21-13-5-3-4-12(8-13)16(17,18)19/h3-8,10,14H,9H2,1-2H3,(H2,20,21,23). The van der Waals surface area contributed by atoms with Gasteiger partial charge in [-0.2, -0.15) is 24.5 Å². The number of rotatable bonds is 5. The fraction of sp³-hybridized carbons (Fsp3) is 0.312. The van der Waals surface area contributed by atoms with Crippen LogP contribution in [0.2, 0.25) is 0 Å². The predicted molar refractivity (Wildman–Crippen MR) is 89.2 cm³/mol. The van der Waals surface area contributed by atoms with Gasteiger partial charge in [-0.1, -0.05) is 6.07 Å². The number of carbonyl (C=O) groups excluding carboxylic acids is 1. The van der Waals surface area contributed by atoms with Gasteiger partial charge in [0.05, 0.1) is 11.6 Å². The maximum Gasteiger partial charge on any atom is 0.416 e. The summed E-state index contributed by atoms with van der Waals surface area (Å²) in [6.07, 6.45) is -4.44. The Morgan fingerprint density at radius 2 is 2.04 bits per heavy atom. The Morgan fingerprint density at radius 3 is 2.62 bits per heavy atom. The smallest absolute Gasteiger partial charge is 0.336 e. The molecule has 2 N–H and O–H groups in total. The van der Waals surface area contributed by atoms with Gasteiger partial charge in [0.25, 0.3) is 0 Å². The van der Waals surface area contributed by atoms with Crippen LogP contribution in [0.5, 0.6) is 0 Å². The maximum atomic E-state index is 12.7. The molecular formula is C16H18F3N3OS.